The van der Waals surface area contributed by atoms with Crippen molar-refractivity contribution in [3.05, 3.63) is 191 Å². The topological polar surface area (TPSA) is 97.3 Å². The molecule has 284 valence electrons. The van der Waals surface area contributed by atoms with Gasteiger partial charge in [-0.3, -0.25) is 15.0 Å². The number of carbonyl (C=O) groups is 2. The number of nitrogens with zero attached hydrogens (tertiary/aromatic N) is 1. The molecule has 0 spiro atoms. The lowest BCUT2D eigenvalue weighted by Crippen LogP contribution is -2.56. The second-order valence-corrected chi connectivity index (χ2v) is 17.3. The van der Waals surface area contributed by atoms with Gasteiger partial charge >= 0.3 is 6.03 Å². The van der Waals surface area contributed by atoms with E-state index in [1.807, 2.05) is 97.1 Å². The standard InChI is InChI=1S/C47H38N2O6S2/c50-29-40-42(56-46(30-15-3-1-4-16-30)32-19-7-11-23-36(32)53-37-24-12-8-20-33(37)46)43(44(55-40)49-28-27-41(51)48-45(49)52)57-47(31-17-5-2-6-18-31)34-21-9-13-25-38(34)54-39-26-14-10-22-35(39)47/h1-26,40,42-44,50H,27-29H2,(H,48,51,52)/t40-,42?,43+,44-/m1/s1. The lowest BCUT2D eigenvalue weighted by atomic mass is 9.81. The van der Waals surface area contributed by atoms with E-state index in [1.54, 1.807) is 28.4 Å². The van der Waals surface area contributed by atoms with Gasteiger partial charge in [-0.15, -0.1) is 23.5 Å². The second kappa shape index (κ2) is 14.5. The number of para-hydroxylation sites is 4. The maximum Gasteiger partial charge on any atom is 0.326 e. The van der Waals surface area contributed by atoms with Crippen LogP contribution in [0.4, 0.5) is 4.79 Å². The molecule has 6 aromatic rings. The Kier molecular flexibility index (Phi) is 9.09. The fourth-order valence-corrected chi connectivity index (χ4v) is 13.0. The molecule has 57 heavy (non-hydrogen) atoms. The molecule has 1 unspecified atom stereocenters. The number of rotatable bonds is 8. The number of hydrogen-bond donors (Lipinski definition) is 2. The number of benzene rings is 6. The quantitative estimate of drug-likeness (QED) is 0.158. The molecule has 4 atom stereocenters. The summed E-state index contributed by atoms with van der Waals surface area (Å²) in [5.41, 5.74) is 5.96. The Morgan fingerprint density at radius 1 is 0.579 bits per heavy atom. The molecular weight excluding hydrogens is 753 g/mol. The molecule has 6 aromatic carbocycles. The number of hydrogen-bond acceptors (Lipinski definition) is 8. The largest absolute Gasteiger partial charge is 0.457 e. The van der Waals surface area contributed by atoms with Gasteiger partial charge in [0.25, 0.3) is 0 Å². The highest BCUT2D eigenvalue weighted by molar-refractivity contribution is 8.05. The summed E-state index contributed by atoms with van der Waals surface area (Å²) in [5.74, 6) is 2.64. The van der Waals surface area contributed by atoms with Gasteiger partial charge in [0.1, 0.15) is 29.2 Å². The first-order chi connectivity index (χ1) is 28.0. The lowest BCUT2D eigenvalue weighted by molar-refractivity contribution is -0.123. The van der Waals surface area contributed by atoms with Crippen molar-refractivity contribution in [2.75, 3.05) is 13.2 Å². The molecule has 10 heteroatoms. The summed E-state index contributed by atoms with van der Waals surface area (Å²) in [5, 5.41) is 13.0. The molecule has 0 aromatic heterocycles. The second-order valence-electron chi connectivity index (χ2n) is 14.5. The molecule has 8 nitrogen and oxygen atoms in total. The summed E-state index contributed by atoms with van der Waals surface area (Å²) in [7, 11) is 0. The van der Waals surface area contributed by atoms with Crippen LogP contribution < -0.4 is 14.8 Å². The number of ether oxygens (including phenoxy) is 3. The van der Waals surface area contributed by atoms with Crippen LogP contribution in [0, 0.1) is 0 Å². The van der Waals surface area contributed by atoms with Crippen molar-refractivity contribution in [1.82, 2.24) is 10.2 Å². The van der Waals surface area contributed by atoms with Gasteiger partial charge in [-0.05, 0) is 35.4 Å². The van der Waals surface area contributed by atoms with E-state index in [0.29, 0.717) is 0 Å². The van der Waals surface area contributed by atoms with Crippen molar-refractivity contribution in [2.45, 2.75) is 38.7 Å². The van der Waals surface area contributed by atoms with E-state index in [2.05, 4.69) is 66.0 Å². The SMILES string of the molecule is O=C1CCN([C@@H]2O[C@H](CO)C(SC3(c4ccccc4)c4ccccc4Oc4ccccc43)[C@@H]2SC2(c3ccccc3)c3ccccc3Oc3ccccc32)C(=O)N1. The average Bonchev–Trinajstić information content (AvgIpc) is 3.59. The Balaban J connectivity index is 1.22. The van der Waals surface area contributed by atoms with Crippen LogP contribution in [0.3, 0.4) is 0 Å². The van der Waals surface area contributed by atoms with E-state index in [1.165, 1.54) is 0 Å². The van der Waals surface area contributed by atoms with Crippen LogP contribution in [0.2, 0.25) is 0 Å². The van der Waals surface area contributed by atoms with E-state index < -0.39 is 38.4 Å². The first-order valence-corrected chi connectivity index (χ1v) is 20.8. The van der Waals surface area contributed by atoms with Gasteiger partial charge in [0.15, 0.2) is 0 Å². The van der Waals surface area contributed by atoms with Gasteiger partial charge in [-0.25, -0.2) is 4.79 Å². The van der Waals surface area contributed by atoms with Gasteiger partial charge in [-0.1, -0.05) is 133 Å². The maximum absolute atomic E-state index is 13.9. The number of fused-ring (bicyclic) bond motifs is 4. The highest BCUT2D eigenvalue weighted by Gasteiger charge is 2.58. The zero-order valence-electron chi connectivity index (χ0n) is 30.7. The Hall–Kier alpha value is -5.52. The fourth-order valence-electron chi connectivity index (χ4n) is 8.87. The van der Waals surface area contributed by atoms with E-state index in [0.717, 1.165) is 56.4 Å². The highest BCUT2D eigenvalue weighted by Crippen LogP contribution is 2.65. The lowest BCUT2D eigenvalue weighted by Gasteiger charge is -2.46. The fraction of sp³-hybridized carbons (Fsp3) is 0.191. The minimum Gasteiger partial charge on any atom is -0.457 e. The van der Waals surface area contributed by atoms with Crippen LogP contribution >= 0.6 is 23.5 Å². The van der Waals surface area contributed by atoms with Crippen LogP contribution in [-0.4, -0.2) is 57.9 Å². The summed E-state index contributed by atoms with van der Waals surface area (Å²) in [6.07, 6.45) is -1.39. The molecular formula is C47H38N2O6S2. The van der Waals surface area contributed by atoms with Gasteiger partial charge in [0.2, 0.25) is 5.91 Å². The Morgan fingerprint density at radius 3 is 1.40 bits per heavy atom. The predicted octanol–water partition coefficient (Wildman–Crippen LogP) is 9.04. The molecule has 0 radical (unpaired) electrons. The molecule has 0 bridgehead atoms. The summed E-state index contributed by atoms with van der Waals surface area (Å²) >= 11 is 3.44. The van der Waals surface area contributed by atoms with Crippen LogP contribution in [0.15, 0.2) is 158 Å². The first kappa shape index (κ1) is 35.9. The molecule has 2 fully saturated rings. The minimum atomic E-state index is -0.852. The van der Waals surface area contributed by atoms with Crippen LogP contribution in [0.1, 0.15) is 39.8 Å². The Morgan fingerprint density at radius 2 is 0.982 bits per heavy atom. The highest BCUT2D eigenvalue weighted by atomic mass is 32.2. The first-order valence-electron chi connectivity index (χ1n) is 19.1. The summed E-state index contributed by atoms with van der Waals surface area (Å²) in [6, 6.07) is 52.8. The monoisotopic (exact) mass is 790 g/mol. The smallest absolute Gasteiger partial charge is 0.326 e. The number of urea groups is 1. The zero-order chi connectivity index (χ0) is 38.6. The van der Waals surface area contributed by atoms with Crippen molar-refractivity contribution in [2.24, 2.45) is 0 Å². The summed E-state index contributed by atoms with van der Waals surface area (Å²) in [6.45, 7) is -0.112. The number of amides is 3. The molecule has 2 N–H and O–H groups in total. The van der Waals surface area contributed by atoms with E-state index >= 15 is 0 Å². The van der Waals surface area contributed by atoms with E-state index in [9.17, 15) is 14.7 Å². The van der Waals surface area contributed by atoms with E-state index in [-0.39, 0.29) is 25.5 Å². The number of aliphatic hydroxyl groups excluding tert-OH is 1. The Labute approximate surface area is 339 Å². The van der Waals surface area contributed by atoms with Gasteiger partial charge < -0.3 is 19.3 Å². The average molecular weight is 791 g/mol. The van der Waals surface area contributed by atoms with Crippen molar-refractivity contribution in [1.29, 1.82) is 0 Å². The van der Waals surface area contributed by atoms with Gasteiger partial charge in [0, 0.05) is 35.2 Å². The third-order valence-corrected chi connectivity index (χ3v) is 15.2. The van der Waals surface area contributed by atoms with Crippen LogP contribution in [-0.2, 0) is 19.0 Å². The third kappa shape index (κ3) is 5.76. The number of nitrogens with one attached hydrogen (secondary N) is 1. The molecule has 0 aliphatic carbocycles. The number of thioether (sulfide) groups is 2. The predicted molar refractivity (Wildman–Crippen MR) is 222 cm³/mol. The molecule has 10 rings (SSSR count). The molecule has 4 aliphatic heterocycles. The minimum absolute atomic E-state index is 0.139. The van der Waals surface area contributed by atoms with E-state index in [4.69, 9.17) is 14.2 Å². The summed E-state index contributed by atoms with van der Waals surface area (Å²) < 4.78 is 18.5. The number of imide groups is 1. The van der Waals surface area contributed by atoms with Crippen molar-refractivity contribution >= 4 is 35.5 Å². The van der Waals surface area contributed by atoms with Gasteiger partial charge in [0.05, 0.1) is 32.7 Å². The molecule has 3 amide bonds. The summed E-state index contributed by atoms with van der Waals surface area (Å²) in [4.78, 5) is 28.1. The molecule has 0 saturated carbocycles. The van der Waals surface area contributed by atoms with Crippen molar-refractivity contribution in [3.8, 4) is 23.0 Å². The molecule has 2 saturated heterocycles. The number of carbonyl (C=O) groups excluding carboxylic acids is 2. The maximum atomic E-state index is 13.9. The van der Waals surface area contributed by atoms with Crippen molar-refractivity contribution in [3.63, 3.8) is 0 Å². The zero-order valence-corrected chi connectivity index (χ0v) is 32.3. The van der Waals surface area contributed by atoms with Crippen LogP contribution in [0.25, 0.3) is 0 Å². The number of aliphatic hydroxyl groups is 1. The van der Waals surface area contributed by atoms with Crippen LogP contribution in [0.5, 0.6) is 23.0 Å². The Bertz CT molecular complexity index is 2390. The normalized spacial score (nSPS) is 22.5. The molecule has 4 heterocycles. The van der Waals surface area contributed by atoms with Gasteiger partial charge in [-0.2, -0.15) is 0 Å². The third-order valence-electron chi connectivity index (χ3n) is 11.4. The van der Waals surface area contributed by atoms with Crippen molar-refractivity contribution < 1.29 is 28.9 Å². The molecule has 4 aliphatic rings.